The smallest absolute Gasteiger partial charge is 0.0335 e. The van der Waals surface area contributed by atoms with Crippen LogP contribution < -0.4 is 10.6 Å². The van der Waals surface area contributed by atoms with Gasteiger partial charge >= 0.3 is 0 Å². The zero-order valence-electron chi connectivity index (χ0n) is 11.7. The molecule has 0 saturated carbocycles. The molecule has 0 aromatic heterocycles. The molecule has 1 aliphatic heterocycles. The SMILES string of the molecule is CCC(CC)CNC1CCNCc2ccccc21. The number of hydrogen-bond donors (Lipinski definition) is 2. The normalized spacial score (nSPS) is 19.6. The van der Waals surface area contributed by atoms with E-state index < -0.39 is 0 Å². The molecule has 1 unspecified atom stereocenters. The van der Waals surface area contributed by atoms with Crippen molar-refractivity contribution in [3.05, 3.63) is 35.4 Å². The summed E-state index contributed by atoms with van der Waals surface area (Å²) in [6, 6.07) is 9.36. The largest absolute Gasteiger partial charge is 0.313 e. The van der Waals surface area contributed by atoms with Crippen molar-refractivity contribution in [3.63, 3.8) is 0 Å². The van der Waals surface area contributed by atoms with Crippen LogP contribution in [0.15, 0.2) is 24.3 Å². The van der Waals surface area contributed by atoms with Gasteiger partial charge in [0.05, 0.1) is 0 Å². The van der Waals surface area contributed by atoms with E-state index in [1.165, 1.54) is 30.4 Å². The molecule has 1 aromatic rings. The highest BCUT2D eigenvalue weighted by Crippen LogP contribution is 2.23. The third-order valence-corrected chi connectivity index (χ3v) is 4.16. The Kier molecular flexibility index (Phi) is 5.21. The summed E-state index contributed by atoms with van der Waals surface area (Å²) in [5.41, 5.74) is 2.95. The van der Waals surface area contributed by atoms with E-state index in [2.05, 4.69) is 48.7 Å². The van der Waals surface area contributed by atoms with Crippen LogP contribution in [0.25, 0.3) is 0 Å². The molecule has 1 atom stereocenters. The summed E-state index contributed by atoms with van der Waals surface area (Å²) < 4.78 is 0. The van der Waals surface area contributed by atoms with Gasteiger partial charge in [0.25, 0.3) is 0 Å². The molecule has 18 heavy (non-hydrogen) atoms. The van der Waals surface area contributed by atoms with E-state index in [9.17, 15) is 0 Å². The van der Waals surface area contributed by atoms with Gasteiger partial charge < -0.3 is 10.6 Å². The third kappa shape index (κ3) is 3.33. The van der Waals surface area contributed by atoms with Gasteiger partial charge in [0.2, 0.25) is 0 Å². The summed E-state index contributed by atoms with van der Waals surface area (Å²) in [4.78, 5) is 0. The van der Waals surface area contributed by atoms with E-state index in [1.54, 1.807) is 0 Å². The number of rotatable bonds is 5. The Morgan fingerprint density at radius 1 is 1.28 bits per heavy atom. The van der Waals surface area contributed by atoms with Crippen LogP contribution in [0.3, 0.4) is 0 Å². The van der Waals surface area contributed by atoms with Crippen LogP contribution in [0.5, 0.6) is 0 Å². The molecular weight excluding hydrogens is 220 g/mol. The summed E-state index contributed by atoms with van der Waals surface area (Å²) in [5.74, 6) is 0.813. The molecule has 0 spiro atoms. The topological polar surface area (TPSA) is 24.1 Å². The number of nitrogens with one attached hydrogen (secondary N) is 2. The summed E-state index contributed by atoms with van der Waals surface area (Å²) in [7, 11) is 0. The highest BCUT2D eigenvalue weighted by molar-refractivity contribution is 5.30. The molecule has 2 N–H and O–H groups in total. The van der Waals surface area contributed by atoms with E-state index in [1.807, 2.05) is 0 Å². The Labute approximate surface area is 111 Å². The van der Waals surface area contributed by atoms with Crippen LogP contribution in [0.1, 0.15) is 50.3 Å². The van der Waals surface area contributed by atoms with Gasteiger partial charge in [-0.3, -0.25) is 0 Å². The Balaban J connectivity index is 2.03. The number of benzene rings is 1. The molecule has 2 nitrogen and oxygen atoms in total. The van der Waals surface area contributed by atoms with Gasteiger partial charge in [-0.05, 0) is 36.6 Å². The van der Waals surface area contributed by atoms with E-state index in [4.69, 9.17) is 0 Å². The molecule has 1 aliphatic rings. The monoisotopic (exact) mass is 246 g/mol. The second-order valence-electron chi connectivity index (χ2n) is 5.31. The second-order valence-corrected chi connectivity index (χ2v) is 5.31. The molecule has 1 aromatic carbocycles. The van der Waals surface area contributed by atoms with Gasteiger partial charge in [-0.1, -0.05) is 51.0 Å². The molecule has 1 heterocycles. The Morgan fingerprint density at radius 2 is 2.06 bits per heavy atom. The zero-order chi connectivity index (χ0) is 12.8. The first kappa shape index (κ1) is 13.6. The first-order chi connectivity index (χ1) is 8.85. The molecular formula is C16H26N2. The minimum atomic E-state index is 0.525. The average molecular weight is 246 g/mol. The standard InChI is InChI=1S/C16H26N2/c1-3-13(4-2)11-18-16-9-10-17-12-14-7-5-6-8-15(14)16/h5-8,13,16-18H,3-4,9-12H2,1-2H3. The van der Waals surface area contributed by atoms with E-state index in [0.717, 1.165) is 25.6 Å². The lowest BCUT2D eigenvalue weighted by Gasteiger charge is -2.22. The fourth-order valence-electron chi connectivity index (χ4n) is 2.76. The lowest BCUT2D eigenvalue weighted by Crippen LogP contribution is -2.28. The van der Waals surface area contributed by atoms with Gasteiger partial charge in [0.15, 0.2) is 0 Å². The van der Waals surface area contributed by atoms with Gasteiger partial charge in [0, 0.05) is 12.6 Å². The highest BCUT2D eigenvalue weighted by atomic mass is 14.9. The minimum Gasteiger partial charge on any atom is -0.313 e. The van der Waals surface area contributed by atoms with Crippen molar-refractivity contribution in [2.75, 3.05) is 13.1 Å². The highest BCUT2D eigenvalue weighted by Gasteiger charge is 2.18. The van der Waals surface area contributed by atoms with Crippen LogP contribution >= 0.6 is 0 Å². The number of hydrogen-bond acceptors (Lipinski definition) is 2. The molecule has 0 bridgehead atoms. The summed E-state index contributed by atoms with van der Waals surface area (Å²) >= 11 is 0. The fraction of sp³-hybridized carbons (Fsp3) is 0.625. The fourth-order valence-corrected chi connectivity index (χ4v) is 2.76. The van der Waals surface area contributed by atoms with Crippen LogP contribution in [0.2, 0.25) is 0 Å². The van der Waals surface area contributed by atoms with Crippen LogP contribution in [0, 0.1) is 5.92 Å². The average Bonchev–Trinajstić information content (AvgIpc) is 2.62. The second kappa shape index (κ2) is 6.91. The quantitative estimate of drug-likeness (QED) is 0.833. The minimum absolute atomic E-state index is 0.525. The lowest BCUT2D eigenvalue weighted by atomic mass is 9.97. The van der Waals surface area contributed by atoms with E-state index in [0.29, 0.717) is 6.04 Å². The van der Waals surface area contributed by atoms with Crippen molar-refractivity contribution in [2.24, 2.45) is 5.92 Å². The van der Waals surface area contributed by atoms with Crippen LogP contribution in [-0.4, -0.2) is 13.1 Å². The first-order valence-corrected chi connectivity index (χ1v) is 7.37. The molecule has 0 aliphatic carbocycles. The Bertz CT molecular complexity index is 358. The van der Waals surface area contributed by atoms with Gasteiger partial charge in [-0.15, -0.1) is 0 Å². The van der Waals surface area contributed by atoms with E-state index >= 15 is 0 Å². The molecule has 0 fully saturated rings. The summed E-state index contributed by atoms with van der Waals surface area (Å²) in [5, 5.41) is 7.29. The molecule has 0 amide bonds. The maximum absolute atomic E-state index is 3.78. The Hall–Kier alpha value is -0.860. The molecule has 2 heteroatoms. The lowest BCUT2D eigenvalue weighted by molar-refractivity contribution is 0.401. The van der Waals surface area contributed by atoms with E-state index in [-0.39, 0.29) is 0 Å². The van der Waals surface area contributed by atoms with Crippen LogP contribution in [-0.2, 0) is 6.54 Å². The molecule has 100 valence electrons. The predicted octanol–water partition coefficient (Wildman–Crippen LogP) is 3.25. The van der Waals surface area contributed by atoms with Crippen molar-refractivity contribution >= 4 is 0 Å². The number of fused-ring (bicyclic) bond motifs is 1. The van der Waals surface area contributed by atoms with Crippen molar-refractivity contribution in [2.45, 2.75) is 45.7 Å². The van der Waals surface area contributed by atoms with Gasteiger partial charge in [-0.25, -0.2) is 0 Å². The maximum Gasteiger partial charge on any atom is 0.0335 e. The van der Waals surface area contributed by atoms with Crippen molar-refractivity contribution in [1.29, 1.82) is 0 Å². The molecule has 2 rings (SSSR count). The van der Waals surface area contributed by atoms with Gasteiger partial charge in [0.1, 0.15) is 0 Å². The zero-order valence-corrected chi connectivity index (χ0v) is 11.7. The third-order valence-electron chi connectivity index (χ3n) is 4.16. The predicted molar refractivity (Wildman–Crippen MR) is 77.6 cm³/mol. The van der Waals surface area contributed by atoms with Crippen molar-refractivity contribution in [1.82, 2.24) is 10.6 Å². The molecule has 0 radical (unpaired) electrons. The van der Waals surface area contributed by atoms with Crippen molar-refractivity contribution < 1.29 is 0 Å². The van der Waals surface area contributed by atoms with Crippen LogP contribution in [0.4, 0.5) is 0 Å². The first-order valence-electron chi connectivity index (χ1n) is 7.37. The maximum atomic E-state index is 3.78. The summed E-state index contributed by atoms with van der Waals surface area (Å²) in [6.45, 7) is 7.84. The summed E-state index contributed by atoms with van der Waals surface area (Å²) in [6.07, 6.45) is 3.74. The molecule has 0 saturated heterocycles. The van der Waals surface area contributed by atoms with Crippen molar-refractivity contribution in [3.8, 4) is 0 Å². The Morgan fingerprint density at radius 3 is 2.83 bits per heavy atom. The van der Waals surface area contributed by atoms with Gasteiger partial charge in [-0.2, -0.15) is 0 Å².